The van der Waals surface area contributed by atoms with Crippen molar-refractivity contribution in [3.05, 3.63) is 12.2 Å². The van der Waals surface area contributed by atoms with E-state index in [2.05, 4.69) is 12.2 Å². The normalized spacial score (nSPS) is 46.1. The monoisotopic (exact) mass is 220 g/mol. The second-order valence-corrected chi connectivity index (χ2v) is 5.99. The number of fused-ring (bicyclic) bond motifs is 2. The minimum absolute atomic E-state index is 0.0684. The van der Waals surface area contributed by atoms with Gasteiger partial charge >= 0.3 is 5.97 Å². The van der Waals surface area contributed by atoms with Gasteiger partial charge in [-0.2, -0.15) is 0 Å². The summed E-state index contributed by atoms with van der Waals surface area (Å²) in [5.74, 6) is 0.815. The minimum atomic E-state index is -0.572. The fourth-order valence-corrected chi connectivity index (χ4v) is 4.23. The SMILES string of the molecule is O=C(O)C1CCCC(C23C=CC(CC2)C3)C1. The molecule has 3 rings (SSSR count). The van der Waals surface area contributed by atoms with E-state index in [0.29, 0.717) is 11.3 Å². The molecular weight excluding hydrogens is 200 g/mol. The molecule has 0 heterocycles. The molecule has 1 N–H and O–H groups in total. The summed E-state index contributed by atoms with van der Waals surface area (Å²) in [6.45, 7) is 0. The van der Waals surface area contributed by atoms with Gasteiger partial charge in [0.1, 0.15) is 0 Å². The highest BCUT2D eigenvalue weighted by Gasteiger charge is 2.47. The molecule has 0 radical (unpaired) electrons. The van der Waals surface area contributed by atoms with Gasteiger partial charge in [-0.1, -0.05) is 18.6 Å². The number of carboxylic acid groups (broad SMARTS) is 1. The van der Waals surface area contributed by atoms with E-state index in [0.717, 1.165) is 25.2 Å². The molecule has 0 amide bonds. The summed E-state index contributed by atoms with van der Waals surface area (Å²) >= 11 is 0. The average Bonchev–Trinajstić information content (AvgIpc) is 2.90. The smallest absolute Gasteiger partial charge is 0.306 e. The second kappa shape index (κ2) is 3.61. The first-order chi connectivity index (χ1) is 7.70. The van der Waals surface area contributed by atoms with E-state index in [4.69, 9.17) is 5.11 Å². The van der Waals surface area contributed by atoms with Gasteiger partial charge in [0, 0.05) is 0 Å². The summed E-state index contributed by atoms with van der Waals surface area (Å²) < 4.78 is 0. The maximum atomic E-state index is 11.1. The molecule has 16 heavy (non-hydrogen) atoms. The molecule has 0 aliphatic heterocycles. The number of hydrogen-bond acceptors (Lipinski definition) is 1. The van der Waals surface area contributed by atoms with Crippen LogP contribution in [0.5, 0.6) is 0 Å². The van der Waals surface area contributed by atoms with Crippen LogP contribution < -0.4 is 0 Å². The van der Waals surface area contributed by atoms with Crippen LogP contribution in [0.4, 0.5) is 0 Å². The fourth-order valence-electron chi connectivity index (χ4n) is 4.23. The topological polar surface area (TPSA) is 37.3 Å². The number of aliphatic carboxylic acids is 1. The molecule has 3 aliphatic rings. The van der Waals surface area contributed by atoms with Crippen LogP contribution in [0, 0.1) is 23.2 Å². The van der Waals surface area contributed by atoms with E-state index >= 15 is 0 Å². The zero-order chi connectivity index (χ0) is 11.2. The average molecular weight is 220 g/mol. The Kier molecular flexibility index (Phi) is 2.34. The summed E-state index contributed by atoms with van der Waals surface area (Å²) in [7, 11) is 0. The molecule has 0 saturated heterocycles. The second-order valence-electron chi connectivity index (χ2n) is 5.99. The molecule has 0 spiro atoms. The Labute approximate surface area is 96.7 Å². The Balaban J connectivity index is 1.75. The third-order valence-corrected chi connectivity index (χ3v) is 5.16. The zero-order valence-corrected chi connectivity index (χ0v) is 9.69. The Morgan fingerprint density at radius 1 is 1.31 bits per heavy atom. The van der Waals surface area contributed by atoms with E-state index in [1.807, 2.05) is 0 Å². The van der Waals surface area contributed by atoms with E-state index in [1.165, 1.54) is 25.7 Å². The van der Waals surface area contributed by atoms with Crippen LogP contribution in [0.25, 0.3) is 0 Å². The Morgan fingerprint density at radius 3 is 2.75 bits per heavy atom. The van der Waals surface area contributed by atoms with E-state index in [9.17, 15) is 4.79 Å². The van der Waals surface area contributed by atoms with Crippen LogP contribution in [0.1, 0.15) is 44.9 Å². The van der Waals surface area contributed by atoms with Crippen molar-refractivity contribution in [1.82, 2.24) is 0 Å². The molecule has 0 aromatic rings. The number of carbonyl (C=O) groups is 1. The number of carboxylic acids is 1. The molecular formula is C14H20O2. The predicted molar refractivity (Wildman–Crippen MR) is 62.0 cm³/mol. The molecule has 4 unspecified atom stereocenters. The third-order valence-electron chi connectivity index (χ3n) is 5.16. The van der Waals surface area contributed by atoms with Gasteiger partial charge < -0.3 is 5.11 Å². The number of rotatable bonds is 2. The summed E-state index contributed by atoms with van der Waals surface area (Å²) in [6, 6.07) is 0. The quantitative estimate of drug-likeness (QED) is 0.725. The summed E-state index contributed by atoms with van der Waals surface area (Å²) in [4.78, 5) is 11.1. The van der Waals surface area contributed by atoms with Crippen molar-refractivity contribution >= 4 is 5.97 Å². The predicted octanol–water partition coefficient (Wildman–Crippen LogP) is 3.23. The first-order valence-electron chi connectivity index (χ1n) is 6.62. The van der Waals surface area contributed by atoms with E-state index in [1.54, 1.807) is 0 Å². The molecule has 2 heteroatoms. The maximum Gasteiger partial charge on any atom is 0.306 e. The molecule has 0 aromatic carbocycles. The van der Waals surface area contributed by atoms with E-state index in [-0.39, 0.29) is 5.92 Å². The molecule has 2 nitrogen and oxygen atoms in total. The van der Waals surface area contributed by atoms with Gasteiger partial charge in [0.05, 0.1) is 5.92 Å². The van der Waals surface area contributed by atoms with Crippen LogP contribution in [0.3, 0.4) is 0 Å². The summed E-state index contributed by atoms with van der Waals surface area (Å²) in [6.07, 6.45) is 13.0. The molecule has 2 fully saturated rings. The standard InChI is InChI=1S/C14H20O2/c15-13(16)11-2-1-3-12(8-11)14-6-4-10(9-14)5-7-14/h4,6,10-12H,1-3,5,7-9H2,(H,15,16). The minimum Gasteiger partial charge on any atom is -0.481 e. The molecule has 88 valence electrons. The highest BCUT2D eigenvalue weighted by molar-refractivity contribution is 5.70. The van der Waals surface area contributed by atoms with Crippen LogP contribution in [-0.2, 0) is 4.79 Å². The van der Waals surface area contributed by atoms with Crippen LogP contribution >= 0.6 is 0 Å². The highest BCUT2D eigenvalue weighted by Crippen LogP contribution is 2.57. The lowest BCUT2D eigenvalue weighted by molar-refractivity contribution is -0.143. The Morgan fingerprint density at radius 2 is 2.19 bits per heavy atom. The van der Waals surface area contributed by atoms with Crippen molar-refractivity contribution in [2.75, 3.05) is 0 Å². The molecule has 0 aromatic heterocycles. The zero-order valence-electron chi connectivity index (χ0n) is 9.69. The van der Waals surface area contributed by atoms with Crippen LogP contribution in [0.15, 0.2) is 12.2 Å². The van der Waals surface area contributed by atoms with Gasteiger partial charge in [0.15, 0.2) is 0 Å². The van der Waals surface area contributed by atoms with Gasteiger partial charge in [-0.25, -0.2) is 0 Å². The number of allylic oxidation sites excluding steroid dienone is 2. The van der Waals surface area contributed by atoms with E-state index < -0.39 is 5.97 Å². The van der Waals surface area contributed by atoms with Gasteiger partial charge in [0.25, 0.3) is 0 Å². The van der Waals surface area contributed by atoms with Crippen molar-refractivity contribution in [1.29, 1.82) is 0 Å². The van der Waals surface area contributed by atoms with Gasteiger partial charge in [0.2, 0.25) is 0 Å². The first-order valence-corrected chi connectivity index (χ1v) is 6.62. The Bertz CT molecular complexity index is 334. The number of hydrogen-bond donors (Lipinski definition) is 1. The van der Waals surface area contributed by atoms with Crippen molar-refractivity contribution in [3.8, 4) is 0 Å². The molecule has 4 atom stereocenters. The lowest BCUT2D eigenvalue weighted by Crippen LogP contribution is -2.32. The van der Waals surface area contributed by atoms with Crippen LogP contribution in [0.2, 0.25) is 0 Å². The van der Waals surface area contributed by atoms with Crippen molar-refractivity contribution in [2.45, 2.75) is 44.9 Å². The molecule has 2 saturated carbocycles. The Hall–Kier alpha value is -0.790. The largest absolute Gasteiger partial charge is 0.481 e. The van der Waals surface area contributed by atoms with Crippen molar-refractivity contribution in [3.63, 3.8) is 0 Å². The summed E-state index contributed by atoms with van der Waals surface area (Å²) in [5.41, 5.74) is 0.402. The van der Waals surface area contributed by atoms with Gasteiger partial charge in [-0.3, -0.25) is 4.79 Å². The van der Waals surface area contributed by atoms with Crippen LogP contribution in [-0.4, -0.2) is 11.1 Å². The molecule has 3 aliphatic carbocycles. The lowest BCUT2D eigenvalue weighted by Gasteiger charge is -2.38. The van der Waals surface area contributed by atoms with Crippen molar-refractivity contribution < 1.29 is 9.90 Å². The highest BCUT2D eigenvalue weighted by atomic mass is 16.4. The van der Waals surface area contributed by atoms with Gasteiger partial charge in [-0.15, -0.1) is 0 Å². The van der Waals surface area contributed by atoms with Gasteiger partial charge in [-0.05, 0) is 55.8 Å². The fraction of sp³-hybridized carbons (Fsp3) is 0.786. The third kappa shape index (κ3) is 1.50. The first kappa shape index (κ1) is 10.4. The molecule has 2 bridgehead atoms. The lowest BCUT2D eigenvalue weighted by atomic mass is 9.66. The van der Waals surface area contributed by atoms with Crippen molar-refractivity contribution in [2.24, 2.45) is 23.2 Å². The summed E-state index contributed by atoms with van der Waals surface area (Å²) in [5, 5.41) is 9.15. The maximum absolute atomic E-state index is 11.1.